The lowest BCUT2D eigenvalue weighted by Gasteiger charge is -2.37. The van der Waals surface area contributed by atoms with Gasteiger partial charge in [-0.15, -0.1) is 0 Å². The summed E-state index contributed by atoms with van der Waals surface area (Å²) in [5.74, 6) is 0.310. The zero-order valence-corrected chi connectivity index (χ0v) is 13.0. The quantitative estimate of drug-likeness (QED) is 0.684. The van der Waals surface area contributed by atoms with Crippen LogP contribution >= 0.6 is 0 Å². The summed E-state index contributed by atoms with van der Waals surface area (Å²) in [6, 6.07) is 0. The van der Waals surface area contributed by atoms with Crippen LogP contribution in [-0.4, -0.2) is 16.3 Å². The molecule has 0 atom stereocenters. The van der Waals surface area contributed by atoms with Crippen molar-refractivity contribution in [3.8, 4) is 0 Å². The predicted octanol–water partition coefficient (Wildman–Crippen LogP) is 4.12. The van der Waals surface area contributed by atoms with Crippen molar-refractivity contribution in [2.75, 3.05) is 0 Å². The van der Waals surface area contributed by atoms with E-state index in [1.165, 1.54) is 11.3 Å². The van der Waals surface area contributed by atoms with Gasteiger partial charge in [-0.05, 0) is 30.8 Å². The fourth-order valence-electron chi connectivity index (χ4n) is 2.96. The Morgan fingerprint density at radius 3 is 1.83 bits per heavy atom. The molecule has 0 aromatic rings. The summed E-state index contributed by atoms with van der Waals surface area (Å²) in [7, 11) is 0. The second kappa shape index (κ2) is 3.61. The first kappa shape index (κ1) is 13.6. The van der Waals surface area contributed by atoms with Crippen molar-refractivity contribution in [2.24, 2.45) is 10.8 Å². The monoisotopic (exact) mass is 249 g/mol. The van der Waals surface area contributed by atoms with Crippen LogP contribution in [0.1, 0.15) is 67.7 Å². The van der Waals surface area contributed by atoms with Crippen molar-refractivity contribution in [1.82, 2.24) is 4.90 Å². The van der Waals surface area contributed by atoms with Crippen molar-refractivity contribution >= 4 is 5.91 Å². The lowest BCUT2D eigenvalue weighted by Crippen LogP contribution is -2.40. The number of hydrogen-bond acceptors (Lipinski definition) is 1. The smallest absolute Gasteiger partial charge is 0.231 e. The summed E-state index contributed by atoms with van der Waals surface area (Å²) in [5.41, 5.74) is 2.86. The maximum atomic E-state index is 12.5. The molecule has 0 N–H and O–H groups in total. The molecule has 2 rings (SSSR count). The van der Waals surface area contributed by atoms with E-state index in [1.54, 1.807) is 0 Å². The van der Waals surface area contributed by atoms with Crippen LogP contribution in [0, 0.1) is 10.8 Å². The molecule has 0 aromatic heterocycles. The number of rotatable bonds is 1. The van der Waals surface area contributed by atoms with E-state index in [-0.39, 0.29) is 16.4 Å². The molecule has 0 spiro atoms. The van der Waals surface area contributed by atoms with Crippen molar-refractivity contribution in [1.29, 1.82) is 0 Å². The first-order valence-electron chi connectivity index (χ1n) is 7.04. The molecule has 18 heavy (non-hydrogen) atoms. The largest absolute Gasteiger partial charge is 0.310 e. The summed E-state index contributed by atoms with van der Waals surface area (Å²) in [5, 5.41) is 0. The molecule has 0 bridgehead atoms. The third-order valence-electron chi connectivity index (χ3n) is 4.22. The van der Waals surface area contributed by atoms with E-state index >= 15 is 0 Å². The molecule has 0 aromatic carbocycles. The standard InChI is InChI=1S/C16H27NO/c1-14(2,3)11-10-12(18)17(16(7)8-9-16)13(11)15(4,5)6/h8-10H2,1-7H3. The molecule has 1 heterocycles. The maximum absolute atomic E-state index is 12.5. The minimum absolute atomic E-state index is 0.0420. The topological polar surface area (TPSA) is 20.3 Å². The maximum Gasteiger partial charge on any atom is 0.231 e. The van der Waals surface area contributed by atoms with Gasteiger partial charge >= 0.3 is 0 Å². The summed E-state index contributed by atoms with van der Waals surface area (Å²) in [6.07, 6.45) is 2.91. The van der Waals surface area contributed by atoms with Gasteiger partial charge in [0.2, 0.25) is 5.91 Å². The molecule has 2 nitrogen and oxygen atoms in total. The van der Waals surface area contributed by atoms with Gasteiger partial charge in [0.25, 0.3) is 0 Å². The highest BCUT2D eigenvalue weighted by atomic mass is 16.2. The first-order valence-corrected chi connectivity index (χ1v) is 7.04. The van der Waals surface area contributed by atoms with Gasteiger partial charge in [0.1, 0.15) is 0 Å². The Bertz CT molecular complexity index is 413. The van der Waals surface area contributed by atoms with Gasteiger partial charge in [0, 0.05) is 16.7 Å². The number of carbonyl (C=O) groups is 1. The summed E-state index contributed by atoms with van der Waals surface area (Å²) >= 11 is 0. The minimum atomic E-state index is 0.0420. The minimum Gasteiger partial charge on any atom is -0.310 e. The number of amides is 1. The molecule has 1 amide bonds. The van der Waals surface area contributed by atoms with Crippen molar-refractivity contribution < 1.29 is 4.79 Å². The van der Waals surface area contributed by atoms with Crippen LogP contribution in [0.4, 0.5) is 0 Å². The molecule has 0 unspecified atom stereocenters. The van der Waals surface area contributed by atoms with Crippen molar-refractivity contribution in [3.05, 3.63) is 11.3 Å². The summed E-state index contributed by atoms with van der Waals surface area (Å²) in [4.78, 5) is 14.6. The average Bonchev–Trinajstić information content (AvgIpc) is 2.73. The van der Waals surface area contributed by atoms with Crippen LogP contribution in [0.5, 0.6) is 0 Å². The zero-order chi connectivity index (χ0) is 13.9. The van der Waals surface area contributed by atoms with E-state index in [4.69, 9.17) is 0 Å². The predicted molar refractivity (Wildman–Crippen MR) is 75.0 cm³/mol. The van der Waals surface area contributed by atoms with E-state index in [9.17, 15) is 4.79 Å². The van der Waals surface area contributed by atoms with Gasteiger partial charge in [-0.3, -0.25) is 4.79 Å². The first-order chi connectivity index (χ1) is 7.97. The van der Waals surface area contributed by atoms with E-state index in [0.717, 1.165) is 12.8 Å². The Balaban J connectivity index is 2.54. The van der Waals surface area contributed by atoms with Crippen LogP contribution < -0.4 is 0 Å². The molecule has 1 saturated carbocycles. The fraction of sp³-hybridized carbons (Fsp3) is 0.812. The Kier molecular flexibility index (Phi) is 2.74. The normalized spacial score (nSPS) is 23.9. The third kappa shape index (κ3) is 2.10. The van der Waals surface area contributed by atoms with E-state index < -0.39 is 0 Å². The number of nitrogens with zero attached hydrogens (tertiary/aromatic N) is 1. The highest BCUT2D eigenvalue weighted by Crippen LogP contribution is 2.53. The van der Waals surface area contributed by atoms with E-state index in [0.29, 0.717) is 12.3 Å². The van der Waals surface area contributed by atoms with Crippen LogP contribution in [0.3, 0.4) is 0 Å². The average molecular weight is 249 g/mol. The second-order valence-electron chi connectivity index (χ2n) is 8.23. The van der Waals surface area contributed by atoms with Crippen LogP contribution in [0.15, 0.2) is 11.3 Å². The lowest BCUT2D eigenvalue weighted by atomic mass is 9.78. The molecule has 0 saturated heterocycles. The Morgan fingerprint density at radius 2 is 1.50 bits per heavy atom. The van der Waals surface area contributed by atoms with Gasteiger partial charge in [0.05, 0.1) is 6.42 Å². The molecule has 2 aliphatic rings. The van der Waals surface area contributed by atoms with Crippen LogP contribution in [-0.2, 0) is 4.79 Å². The Labute approximate surface area is 111 Å². The molecule has 1 aliphatic carbocycles. The van der Waals surface area contributed by atoms with Gasteiger partial charge in [0.15, 0.2) is 0 Å². The molecule has 102 valence electrons. The molecule has 2 heteroatoms. The van der Waals surface area contributed by atoms with Gasteiger partial charge in [-0.1, -0.05) is 41.5 Å². The molecular formula is C16H27NO. The zero-order valence-electron chi connectivity index (χ0n) is 13.0. The van der Waals surface area contributed by atoms with E-state index in [1.807, 2.05) is 0 Å². The summed E-state index contributed by atoms with van der Waals surface area (Å²) in [6.45, 7) is 15.6. The number of carbonyl (C=O) groups excluding carboxylic acids is 1. The van der Waals surface area contributed by atoms with Gasteiger partial charge in [-0.2, -0.15) is 0 Å². The Hall–Kier alpha value is -0.790. The van der Waals surface area contributed by atoms with Crippen LogP contribution in [0.2, 0.25) is 0 Å². The van der Waals surface area contributed by atoms with Crippen molar-refractivity contribution in [3.63, 3.8) is 0 Å². The SMILES string of the molecule is CC(C)(C)C1=C(C(C)(C)C)N(C2(C)CC2)C(=O)C1. The van der Waals surface area contributed by atoms with Crippen LogP contribution in [0.25, 0.3) is 0 Å². The number of allylic oxidation sites excluding steroid dienone is 1. The number of hydrogen-bond donors (Lipinski definition) is 0. The van der Waals surface area contributed by atoms with Gasteiger partial charge in [-0.25, -0.2) is 0 Å². The molecular weight excluding hydrogens is 222 g/mol. The molecule has 0 radical (unpaired) electrons. The summed E-state index contributed by atoms with van der Waals surface area (Å²) < 4.78 is 0. The second-order valence-corrected chi connectivity index (χ2v) is 8.23. The molecule has 1 aliphatic heterocycles. The molecule has 1 fully saturated rings. The van der Waals surface area contributed by atoms with Gasteiger partial charge < -0.3 is 4.90 Å². The lowest BCUT2D eigenvalue weighted by molar-refractivity contribution is -0.130. The fourth-order valence-corrected chi connectivity index (χ4v) is 2.96. The highest BCUT2D eigenvalue weighted by molar-refractivity contribution is 5.86. The Morgan fingerprint density at radius 1 is 1.00 bits per heavy atom. The third-order valence-corrected chi connectivity index (χ3v) is 4.22. The van der Waals surface area contributed by atoms with Crippen molar-refractivity contribution in [2.45, 2.75) is 73.3 Å². The van der Waals surface area contributed by atoms with E-state index in [2.05, 4.69) is 53.4 Å². The highest BCUT2D eigenvalue weighted by Gasteiger charge is 2.53.